The maximum Gasteiger partial charge on any atom is 0.409 e. The third-order valence-electron chi connectivity index (χ3n) is 5.57. The van der Waals surface area contributed by atoms with Gasteiger partial charge in [0.25, 0.3) is 0 Å². The minimum absolute atomic E-state index is 0.0247. The van der Waals surface area contributed by atoms with E-state index in [0.717, 1.165) is 6.08 Å². The van der Waals surface area contributed by atoms with Crippen molar-refractivity contribution < 1.29 is 27.5 Å². The second-order valence-electron chi connectivity index (χ2n) is 7.83. The number of fused-ring (bicyclic) bond motifs is 1. The Morgan fingerprint density at radius 3 is 2.22 bits per heavy atom. The van der Waals surface area contributed by atoms with Crippen LogP contribution in [-0.4, -0.2) is 46.7 Å². The largest absolute Gasteiger partial charge is 0.452 e. The van der Waals surface area contributed by atoms with Gasteiger partial charge in [-0.15, -0.1) is 11.8 Å². The molecule has 2 aliphatic rings. The third kappa shape index (κ3) is 4.40. The Bertz CT molecular complexity index is 977. The second-order valence-corrected chi connectivity index (χ2v) is 8.94. The first-order valence-corrected chi connectivity index (χ1v) is 11.0. The number of rotatable bonds is 5. The van der Waals surface area contributed by atoms with Gasteiger partial charge in [0.1, 0.15) is 16.8 Å². The fourth-order valence-corrected chi connectivity index (χ4v) is 5.31. The van der Waals surface area contributed by atoms with E-state index in [1.165, 1.54) is 16.7 Å². The summed E-state index contributed by atoms with van der Waals surface area (Å²) >= 11 is 1.19. The van der Waals surface area contributed by atoms with E-state index >= 15 is 0 Å². The molecule has 4 rings (SSSR count). The lowest BCUT2D eigenvalue weighted by Gasteiger charge is -2.52. The molecule has 32 heavy (non-hydrogen) atoms. The summed E-state index contributed by atoms with van der Waals surface area (Å²) in [5.41, 5.74) is 5.52. The maximum absolute atomic E-state index is 13.4. The van der Waals surface area contributed by atoms with E-state index in [9.17, 15) is 22.8 Å². The van der Waals surface area contributed by atoms with Gasteiger partial charge in [-0.3, -0.25) is 9.59 Å². The average molecular weight is 462 g/mol. The first-order valence-electron chi connectivity index (χ1n) is 9.96. The van der Waals surface area contributed by atoms with Crippen molar-refractivity contribution in [3.05, 3.63) is 83.9 Å². The second kappa shape index (κ2) is 8.63. The van der Waals surface area contributed by atoms with Crippen molar-refractivity contribution in [3.63, 3.8) is 0 Å². The zero-order valence-corrected chi connectivity index (χ0v) is 17.7. The number of halogens is 3. The lowest BCUT2D eigenvalue weighted by atomic mass is 9.86. The van der Waals surface area contributed by atoms with Gasteiger partial charge in [0, 0.05) is 18.4 Å². The summed E-state index contributed by atoms with van der Waals surface area (Å²) in [5.74, 6) is -1.19. The number of alkyl halides is 3. The van der Waals surface area contributed by atoms with E-state index in [1.54, 1.807) is 48.5 Å². The van der Waals surface area contributed by atoms with Crippen LogP contribution in [0.25, 0.3) is 0 Å². The molecule has 0 spiro atoms. The molecule has 0 aromatic heterocycles. The van der Waals surface area contributed by atoms with E-state index in [1.807, 2.05) is 12.1 Å². The van der Waals surface area contributed by atoms with Crippen molar-refractivity contribution in [2.45, 2.75) is 23.7 Å². The number of nitrogens with two attached hydrogens (primary N) is 1. The molecule has 0 saturated carbocycles. The molecule has 2 unspecified atom stereocenters. The van der Waals surface area contributed by atoms with E-state index < -0.39 is 29.7 Å². The zero-order valence-electron chi connectivity index (χ0n) is 16.9. The Labute approximate surface area is 187 Å². The molecule has 2 heterocycles. The van der Waals surface area contributed by atoms with Crippen LogP contribution in [0.5, 0.6) is 0 Å². The molecule has 0 bridgehead atoms. The predicted molar refractivity (Wildman–Crippen MR) is 114 cm³/mol. The third-order valence-corrected chi connectivity index (χ3v) is 7.15. The van der Waals surface area contributed by atoms with Crippen LogP contribution >= 0.6 is 11.8 Å². The fraction of sp³-hybridized carbons (Fsp3) is 0.304. The molecule has 2 aliphatic heterocycles. The number of β-lactam (4-membered cyclic amide) rings is 1. The number of esters is 1. The number of benzene rings is 2. The van der Waals surface area contributed by atoms with Crippen molar-refractivity contribution in [3.8, 4) is 0 Å². The van der Waals surface area contributed by atoms with Crippen LogP contribution < -0.4 is 5.73 Å². The number of hydrogen-bond donors (Lipinski definition) is 1. The molecule has 1 amide bonds. The topological polar surface area (TPSA) is 72.6 Å². The van der Waals surface area contributed by atoms with Gasteiger partial charge in [-0.1, -0.05) is 66.7 Å². The quantitative estimate of drug-likeness (QED) is 0.417. The fourth-order valence-electron chi connectivity index (χ4n) is 3.85. The summed E-state index contributed by atoms with van der Waals surface area (Å²) in [4.78, 5) is 26.9. The van der Waals surface area contributed by atoms with Gasteiger partial charge in [0.2, 0.25) is 5.91 Å². The summed E-state index contributed by atoms with van der Waals surface area (Å²) in [6, 6.07) is 17.2. The van der Waals surface area contributed by atoms with E-state index in [2.05, 4.69) is 0 Å². The van der Waals surface area contributed by atoms with E-state index in [-0.39, 0.29) is 29.7 Å². The lowest BCUT2D eigenvalue weighted by Crippen LogP contribution is -2.72. The van der Waals surface area contributed by atoms with Crippen molar-refractivity contribution in [1.29, 1.82) is 0 Å². The Kier molecular flexibility index (Phi) is 6.05. The normalized spacial score (nSPS) is 25.5. The smallest absolute Gasteiger partial charge is 0.409 e. The summed E-state index contributed by atoms with van der Waals surface area (Å²) in [6.07, 6.45) is -4.55. The van der Waals surface area contributed by atoms with Crippen LogP contribution in [0, 0.1) is 5.41 Å². The van der Waals surface area contributed by atoms with E-state index in [4.69, 9.17) is 10.5 Å². The van der Waals surface area contributed by atoms with Crippen molar-refractivity contribution >= 4 is 23.6 Å². The van der Waals surface area contributed by atoms with Crippen LogP contribution in [0.3, 0.4) is 0 Å². The van der Waals surface area contributed by atoms with Crippen molar-refractivity contribution in [1.82, 2.24) is 4.90 Å². The molecule has 2 saturated heterocycles. The molecule has 5 nitrogen and oxygen atoms in total. The number of allylic oxidation sites excluding steroid dienone is 1. The molecule has 2 fully saturated rings. The SMILES string of the molecule is NC1C(=O)N2CC(C=CC(F)(F)F)(C(=O)OC(c3ccccc3)c3ccccc3)CS[C@H]12. The minimum atomic E-state index is -4.61. The molecule has 2 N–H and O–H groups in total. The Balaban J connectivity index is 1.67. The van der Waals surface area contributed by atoms with Crippen LogP contribution in [0.1, 0.15) is 17.2 Å². The molecule has 0 aliphatic carbocycles. The van der Waals surface area contributed by atoms with Gasteiger partial charge in [-0.2, -0.15) is 13.2 Å². The standard InChI is InChI=1S/C23H21F3N2O3S/c24-23(25,26)12-11-22(13-28-19(29)17(27)20(28)32-14-22)21(30)31-18(15-7-3-1-4-8-15)16-9-5-2-6-10-16/h1-12,17-18,20H,13-14,27H2/t17?,20-,22?/m1/s1. The highest BCUT2D eigenvalue weighted by molar-refractivity contribution is 8.00. The van der Waals surface area contributed by atoms with Gasteiger partial charge < -0.3 is 15.4 Å². The van der Waals surface area contributed by atoms with Gasteiger partial charge in [0.05, 0.1) is 0 Å². The Hall–Kier alpha value is -2.78. The summed E-state index contributed by atoms with van der Waals surface area (Å²) < 4.78 is 44.9. The number of nitrogens with zero attached hydrogens (tertiary/aromatic N) is 1. The minimum Gasteiger partial charge on any atom is -0.452 e. The first kappa shape index (κ1) is 22.4. The zero-order chi connectivity index (χ0) is 22.9. The number of carbonyl (C=O) groups is 2. The lowest BCUT2D eigenvalue weighted by molar-refractivity contribution is -0.161. The summed E-state index contributed by atoms with van der Waals surface area (Å²) in [6.45, 7) is -0.209. The van der Waals surface area contributed by atoms with Gasteiger partial charge in [-0.05, 0) is 11.1 Å². The van der Waals surface area contributed by atoms with Gasteiger partial charge >= 0.3 is 12.1 Å². The number of amides is 1. The highest BCUT2D eigenvalue weighted by atomic mass is 32.2. The van der Waals surface area contributed by atoms with Crippen LogP contribution in [0.4, 0.5) is 13.2 Å². The molecular formula is C23H21F3N2O3S. The highest BCUT2D eigenvalue weighted by Gasteiger charge is 2.56. The van der Waals surface area contributed by atoms with Crippen molar-refractivity contribution in [2.75, 3.05) is 12.3 Å². The first-order chi connectivity index (χ1) is 15.2. The number of thioether (sulfide) groups is 1. The van der Waals surface area contributed by atoms with E-state index in [0.29, 0.717) is 11.1 Å². The summed E-state index contributed by atoms with van der Waals surface area (Å²) in [5, 5.41) is -0.346. The molecule has 9 heteroatoms. The maximum atomic E-state index is 13.4. The molecule has 3 atom stereocenters. The molecular weight excluding hydrogens is 441 g/mol. The number of ether oxygens (including phenoxy) is 1. The Morgan fingerprint density at radius 2 is 1.69 bits per heavy atom. The number of carbonyl (C=O) groups excluding carboxylic acids is 2. The highest BCUT2D eigenvalue weighted by Crippen LogP contribution is 2.44. The molecule has 168 valence electrons. The van der Waals surface area contributed by atoms with Gasteiger partial charge in [0.15, 0.2) is 6.10 Å². The van der Waals surface area contributed by atoms with Gasteiger partial charge in [-0.25, -0.2) is 0 Å². The molecule has 2 aromatic carbocycles. The van der Waals surface area contributed by atoms with Crippen LogP contribution in [0.15, 0.2) is 72.8 Å². The van der Waals surface area contributed by atoms with Crippen LogP contribution in [-0.2, 0) is 14.3 Å². The molecule has 2 aromatic rings. The predicted octanol–water partition coefficient (Wildman–Crippen LogP) is 3.67. The van der Waals surface area contributed by atoms with Crippen LogP contribution in [0.2, 0.25) is 0 Å². The Morgan fingerprint density at radius 1 is 1.12 bits per heavy atom. The molecule has 0 radical (unpaired) electrons. The number of hydrogen-bond acceptors (Lipinski definition) is 5. The monoisotopic (exact) mass is 462 g/mol. The van der Waals surface area contributed by atoms with Crippen molar-refractivity contribution in [2.24, 2.45) is 11.1 Å². The average Bonchev–Trinajstić information content (AvgIpc) is 2.81. The summed E-state index contributed by atoms with van der Waals surface area (Å²) in [7, 11) is 0.